The molecule has 0 aliphatic carbocycles. The van der Waals surface area contributed by atoms with Crippen LogP contribution in [-0.2, 0) is 0 Å². The molecule has 2 aromatic heterocycles. The SMILES string of the molecule is Cc1cnc(N(C)C2CCN(c3nccc(C)n3)CC2)nc1. The number of aromatic nitrogens is 4. The minimum atomic E-state index is 0.462. The van der Waals surface area contributed by atoms with Gasteiger partial charge in [-0.2, -0.15) is 0 Å². The number of anilines is 2. The van der Waals surface area contributed by atoms with Crippen molar-refractivity contribution in [2.24, 2.45) is 0 Å². The monoisotopic (exact) mass is 298 g/mol. The molecule has 0 saturated carbocycles. The van der Waals surface area contributed by atoms with Crippen molar-refractivity contribution >= 4 is 11.9 Å². The highest BCUT2D eigenvalue weighted by atomic mass is 15.3. The number of hydrogen-bond acceptors (Lipinski definition) is 6. The highest BCUT2D eigenvalue weighted by Crippen LogP contribution is 2.21. The Balaban J connectivity index is 1.62. The Morgan fingerprint density at radius 2 is 1.77 bits per heavy atom. The topological polar surface area (TPSA) is 58.0 Å². The highest BCUT2D eigenvalue weighted by molar-refractivity contribution is 5.34. The van der Waals surface area contributed by atoms with E-state index in [2.05, 4.69) is 36.8 Å². The van der Waals surface area contributed by atoms with Gasteiger partial charge in [-0.25, -0.2) is 19.9 Å². The molecule has 2 aromatic rings. The summed E-state index contributed by atoms with van der Waals surface area (Å²) in [4.78, 5) is 22.2. The van der Waals surface area contributed by atoms with E-state index in [0.717, 1.165) is 49.1 Å². The van der Waals surface area contributed by atoms with E-state index >= 15 is 0 Å². The van der Waals surface area contributed by atoms with Gasteiger partial charge >= 0.3 is 0 Å². The zero-order valence-electron chi connectivity index (χ0n) is 13.4. The lowest BCUT2D eigenvalue weighted by atomic mass is 10.0. The Bertz CT molecular complexity index is 619. The molecular weight excluding hydrogens is 276 g/mol. The van der Waals surface area contributed by atoms with E-state index in [1.165, 1.54) is 0 Å². The second-order valence-electron chi connectivity index (χ2n) is 5.89. The van der Waals surface area contributed by atoms with Crippen LogP contribution in [0.25, 0.3) is 0 Å². The fourth-order valence-electron chi connectivity index (χ4n) is 2.77. The summed E-state index contributed by atoms with van der Waals surface area (Å²) in [5.41, 5.74) is 2.10. The van der Waals surface area contributed by atoms with Crippen LogP contribution in [0.2, 0.25) is 0 Å². The molecule has 0 spiro atoms. The van der Waals surface area contributed by atoms with E-state index in [1.807, 2.05) is 38.5 Å². The smallest absolute Gasteiger partial charge is 0.225 e. The van der Waals surface area contributed by atoms with Crippen molar-refractivity contribution in [1.82, 2.24) is 19.9 Å². The van der Waals surface area contributed by atoms with Crippen molar-refractivity contribution in [3.05, 3.63) is 35.9 Å². The first-order valence-corrected chi connectivity index (χ1v) is 7.69. The molecule has 0 N–H and O–H groups in total. The van der Waals surface area contributed by atoms with Gasteiger partial charge < -0.3 is 9.80 Å². The van der Waals surface area contributed by atoms with Crippen molar-refractivity contribution in [2.75, 3.05) is 29.9 Å². The molecule has 22 heavy (non-hydrogen) atoms. The number of piperidine rings is 1. The van der Waals surface area contributed by atoms with Crippen LogP contribution in [0.3, 0.4) is 0 Å². The molecule has 0 unspecified atom stereocenters. The third-order valence-corrected chi connectivity index (χ3v) is 4.16. The summed E-state index contributed by atoms with van der Waals surface area (Å²) in [5, 5.41) is 0. The molecule has 0 amide bonds. The van der Waals surface area contributed by atoms with Gasteiger partial charge in [0.15, 0.2) is 0 Å². The van der Waals surface area contributed by atoms with E-state index in [4.69, 9.17) is 0 Å². The maximum Gasteiger partial charge on any atom is 0.225 e. The van der Waals surface area contributed by atoms with E-state index in [1.54, 1.807) is 0 Å². The minimum Gasteiger partial charge on any atom is -0.341 e. The van der Waals surface area contributed by atoms with Crippen LogP contribution in [0.1, 0.15) is 24.1 Å². The Morgan fingerprint density at radius 1 is 1.09 bits per heavy atom. The first-order chi connectivity index (χ1) is 10.6. The normalized spacial score (nSPS) is 15.9. The minimum absolute atomic E-state index is 0.462. The molecule has 116 valence electrons. The molecule has 3 rings (SSSR count). The van der Waals surface area contributed by atoms with Gasteiger partial charge in [0.1, 0.15) is 0 Å². The lowest BCUT2D eigenvalue weighted by Gasteiger charge is -2.36. The van der Waals surface area contributed by atoms with Gasteiger partial charge in [0.25, 0.3) is 0 Å². The quantitative estimate of drug-likeness (QED) is 0.863. The molecule has 1 aliphatic heterocycles. The zero-order chi connectivity index (χ0) is 15.5. The molecule has 1 saturated heterocycles. The second-order valence-corrected chi connectivity index (χ2v) is 5.89. The molecule has 0 bridgehead atoms. The second kappa shape index (κ2) is 6.25. The Labute approximate surface area is 131 Å². The third-order valence-electron chi connectivity index (χ3n) is 4.16. The summed E-state index contributed by atoms with van der Waals surface area (Å²) in [6.45, 7) is 5.93. The van der Waals surface area contributed by atoms with E-state index in [-0.39, 0.29) is 0 Å². The van der Waals surface area contributed by atoms with Gasteiger partial charge in [-0.05, 0) is 38.3 Å². The molecule has 1 fully saturated rings. The van der Waals surface area contributed by atoms with E-state index in [0.29, 0.717) is 6.04 Å². The van der Waals surface area contributed by atoms with Crippen LogP contribution in [-0.4, -0.2) is 46.1 Å². The summed E-state index contributed by atoms with van der Waals surface area (Å²) in [6, 6.07) is 2.39. The average molecular weight is 298 g/mol. The summed E-state index contributed by atoms with van der Waals surface area (Å²) >= 11 is 0. The van der Waals surface area contributed by atoms with Crippen LogP contribution in [0.5, 0.6) is 0 Å². The van der Waals surface area contributed by atoms with E-state index in [9.17, 15) is 0 Å². The van der Waals surface area contributed by atoms with Crippen molar-refractivity contribution in [1.29, 1.82) is 0 Å². The number of nitrogens with zero attached hydrogens (tertiary/aromatic N) is 6. The average Bonchev–Trinajstić information content (AvgIpc) is 2.55. The van der Waals surface area contributed by atoms with Gasteiger partial charge in [0, 0.05) is 50.5 Å². The molecule has 0 aromatic carbocycles. The Hall–Kier alpha value is -2.24. The van der Waals surface area contributed by atoms with E-state index < -0.39 is 0 Å². The molecule has 3 heterocycles. The predicted molar refractivity (Wildman–Crippen MR) is 87.2 cm³/mol. The van der Waals surface area contributed by atoms with Crippen molar-refractivity contribution in [3.63, 3.8) is 0 Å². The van der Waals surface area contributed by atoms with Crippen molar-refractivity contribution in [2.45, 2.75) is 32.7 Å². The van der Waals surface area contributed by atoms with Gasteiger partial charge in [-0.3, -0.25) is 0 Å². The van der Waals surface area contributed by atoms with Crippen LogP contribution in [0, 0.1) is 13.8 Å². The van der Waals surface area contributed by atoms with Crippen molar-refractivity contribution in [3.8, 4) is 0 Å². The van der Waals surface area contributed by atoms with Gasteiger partial charge in [-0.15, -0.1) is 0 Å². The molecule has 6 nitrogen and oxygen atoms in total. The first kappa shape index (κ1) is 14.7. The summed E-state index contributed by atoms with van der Waals surface area (Å²) in [6.07, 6.45) is 7.69. The molecule has 0 atom stereocenters. The van der Waals surface area contributed by atoms with Crippen LogP contribution in [0.15, 0.2) is 24.7 Å². The van der Waals surface area contributed by atoms with Crippen LogP contribution >= 0.6 is 0 Å². The fraction of sp³-hybridized carbons (Fsp3) is 0.500. The summed E-state index contributed by atoms with van der Waals surface area (Å²) in [5.74, 6) is 1.64. The number of rotatable bonds is 3. The fourth-order valence-corrected chi connectivity index (χ4v) is 2.77. The highest BCUT2D eigenvalue weighted by Gasteiger charge is 2.25. The first-order valence-electron chi connectivity index (χ1n) is 7.69. The summed E-state index contributed by atoms with van der Waals surface area (Å²) in [7, 11) is 2.08. The van der Waals surface area contributed by atoms with Crippen LogP contribution < -0.4 is 9.80 Å². The number of hydrogen-bond donors (Lipinski definition) is 0. The standard InChI is InChI=1S/C16H22N6/c1-12-10-18-15(19-11-12)21(3)14-5-8-22(9-6-14)16-17-7-4-13(2)20-16/h4,7,10-11,14H,5-6,8-9H2,1-3H3. The lowest BCUT2D eigenvalue weighted by Crippen LogP contribution is -2.44. The van der Waals surface area contributed by atoms with Crippen LogP contribution in [0.4, 0.5) is 11.9 Å². The predicted octanol–water partition coefficient (Wildman–Crippen LogP) is 1.99. The summed E-state index contributed by atoms with van der Waals surface area (Å²) < 4.78 is 0. The maximum atomic E-state index is 4.51. The molecule has 1 aliphatic rings. The zero-order valence-corrected chi connectivity index (χ0v) is 13.4. The Kier molecular flexibility index (Phi) is 4.18. The Morgan fingerprint density at radius 3 is 2.41 bits per heavy atom. The van der Waals surface area contributed by atoms with Crippen molar-refractivity contribution < 1.29 is 0 Å². The van der Waals surface area contributed by atoms with Gasteiger partial charge in [0.2, 0.25) is 11.9 Å². The maximum absolute atomic E-state index is 4.51. The number of aryl methyl sites for hydroxylation is 2. The van der Waals surface area contributed by atoms with Gasteiger partial charge in [-0.1, -0.05) is 0 Å². The van der Waals surface area contributed by atoms with Gasteiger partial charge in [0.05, 0.1) is 0 Å². The largest absolute Gasteiger partial charge is 0.341 e. The molecule has 6 heteroatoms. The molecule has 0 radical (unpaired) electrons. The lowest BCUT2D eigenvalue weighted by molar-refractivity contribution is 0.472. The third kappa shape index (κ3) is 3.16. The molecular formula is C16H22N6.